The number of hydrogen-bond acceptors (Lipinski definition) is 0. The Labute approximate surface area is 88.7 Å². The van der Waals surface area contributed by atoms with Gasteiger partial charge in [0.2, 0.25) is 0 Å². The van der Waals surface area contributed by atoms with Crippen LogP contribution in [0.25, 0.3) is 0 Å². The molecule has 0 spiro atoms. The molecule has 0 N–H and O–H groups in total. The van der Waals surface area contributed by atoms with Crippen molar-refractivity contribution in [2.75, 3.05) is 0 Å². The van der Waals surface area contributed by atoms with E-state index in [2.05, 4.69) is 0 Å². The lowest BCUT2D eigenvalue weighted by Crippen LogP contribution is -2.04. The molecule has 0 aliphatic rings. The van der Waals surface area contributed by atoms with Crippen LogP contribution in [0.4, 0.5) is 8.78 Å². The Kier molecular flexibility index (Phi) is 3.08. The monoisotopic (exact) mass is 221 g/mol. The second-order valence-electron chi connectivity index (χ2n) is 3.07. The van der Waals surface area contributed by atoms with Gasteiger partial charge in [0.25, 0.3) is 0 Å². The lowest BCUT2D eigenvalue weighted by atomic mass is 10.3. The Hall–Kier alpha value is -1.27. The largest absolute Gasteiger partial charge is 0.207 e. The molecule has 0 fully saturated rings. The quantitative estimate of drug-likeness (QED) is 0.684. The van der Waals surface area contributed by atoms with Crippen molar-refractivity contribution in [3.63, 3.8) is 0 Å². The van der Waals surface area contributed by atoms with E-state index in [9.17, 15) is 8.78 Å². The molecule has 0 saturated carbocycles. The van der Waals surface area contributed by atoms with Crippen molar-refractivity contribution >= 4 is 19.2 Å². The zero-order chi connectivity index (χ0) is 10.7. The van der Waals surface area contributed by atoms with E-state index in [-0.39, 0.29) is 11.6 Å². The van der Waals surface area contributed by atoms with E-state index in [1.165, 1.54) is 24.3 Å². The maximum atomic E-state index is 12.9. The third kappa shape index (κ3) is 2.84. The van der Waals surface area contributed by atoms with Gasteiger partial charge in [0.1, 0.15) is 11.6 Å². The zero-order valence-electron chi connectivity index (χ0n) is 7.82. The zero-order valence-corrected chi connectivity index (χ0v) is 8.72. The second kappa shape index (κ2) is 4.50. The van der Waals surface area contributed by atoms with Crippen molar-refractivity contribution in [3.05, 3.63) is 60.2 Å². The Morgan fingerprint density at radius 2 is 1.20 bits per heavy atom. The molecule has 0 amide bonds. The minimum absolute atomic E-state index is 0.267. The highest BCUT2D eigenvalue weighted by molar-refractivity contribution is 7.55. The molecule has 0 heterocycles. The third-order valence-electron chi connectivity index (χ3n) is 1.87. The molecule has 0 atom stereocenters. The molecule has 3 heteroatoms. The second-order valence-corrected chi connectivity index (χ2v) is 4.33. The standard InChI is InChI=1S/C12H8F2P/c13-9-3-1-5-11(7-9)15-12-6-2-4-10(14)8-12/h1-8H. The fourth-order valence-electron chi connectivity index (χ4n) is 1.24. The van der Waals surface area contributed by atoms with Gasteiger partial charge in [-0.05, 0) is 43.5 Å². The van der Waals surface area contributed by atoms with Crippen molar-refractivity contribution < 1.29 is 8.78 Å². The van der Waals surface area contributed by atoms with Gasteiger partial charge in [0.05, 0.1) is 0 Å². The minimum Gasteiger partial charge on any atom is -0.207 e. The SMILES string of the molecule is Fc1cccc([P]c2cccc(F)c2)c1. The van der Waals surface area contributed by atoms with E-state index in [0.717, 1.165) is 19.2 Å². The molecule has 0 saturated heterocycles. The molecule has 0 nitrogen and oxygen atoms in total. The van der Waals surface area contributed by atoms with E-state index in [1.807, 2.05) is 12.1 Å². The maximum absolute atomic E-state index is 12.9. The topological polar surface area (TPSA) is 0 Å². The van der Waals surface area contributed by atoms with Crippen molar-refractivity contribution in [3.8, 4) is 0 Å². The fourth-order valence-corrected chi connectivity index (χ4v) is 2.24. The number of hydrogen-bond donors (Lipinski definition) is 0. The summed E-state index contributed by atoms with van der Waals surface area (Å²) in [4.78, 5) is 0. The highest BCUT2D eigenvalue weighted by Crippen LogP contribution is 2.11. The summed E-state index contributed by atoms with van der Waals surface area (Å²) in [6, 6.07) is 12.6. The number of halogens is 2. The Morgan fingerprint density at radius 1 is 0.733 bits per heavy atom. The number of benzene rings is 2. The molecule has 15 heavy (non-hydrogen) atoms. The van der Waals surface area contributed by atoms with Crippen LogP contribution in [0, 0.1) is 11.6 Å². The van der Waals surface area contributed by atoms with Gasteiger partial charge >= 0.3 is 0 Å². The summed E-state index contributed by atoms with van der Waals surface area (Å²) in [5.41, 5.74) is 0. The average Bonchev–Trinajstić information content (AvgIpc) is 2.17. The van der Waals surface area contributed by atoms with E-state index < -0.39 is 0 Å². The first-order chi connectivity index (χ1) is 7.24. The van der Waals surface area contributed by atoms with Crippen LogP contribution in [0.15, 0.2) is 48.5 Å². The molecule has 2 aromatic carbocycles. The van der Waals surface area contributed by atoms with Crippen molar-refractivity contribution in [1.82, 2.24) is 0 Å². The maximum Gasteiger partial charge on any atom is 0.123 e. The van der Waals surface area contributed by atoms with Crippen LogP contribution in [0.2, 0.25) is 0 Å². The van der Waals surface area contributed by atoms with Crippen LogP contribution in [0.3, 0.4) is 0 Å². The summed E-state index contributed by atoms with van der Waals surface area (Å²) in [5.74, 6) is -0.534. The summed E-state index contributed by atoms with van der Waals surface area (Å²) in [5, 5.41) is 1.64. The van der Waals surface area contributed by atoms with Gasteiger partial charge in [-0.1, -0.05) is 24.3 Å². The van der Waals surface area contributed by atoms with Gasteiger partial charge in [-0.2, -0.15) is 0 Å². The van der Waals surface area contributed by atoms with Crippen LogP contribution < -0.4 is 10.6 Å². The van der Waals surface area contributed by atoms with Crippen LogP contribution >= 0.6 is 8.58 Å². The summed E-state index contributed by atoms with van der Waals surface area (Å²) < 4.78 is 25.7. The summed E-state index contributed by atoms with van der Waals surface area (Å²) in [6.07, 6.45) is 0. The summed E-state index contributed by atoms with van der Waals surface area (Å²) >= 11 is 0. The molecule has 1 radical (unpaired) electrons. The van der Waals surface area contributed by atoms with Crippen LogP contribution in [0.5, 0.6) is 0 Å². The molecule has 0 bridgehead atoms. The summed E-state index contributed by atoms with van der Waals surface area (Å²) in [6.45, 7) is 0. The average molecular weight is 221 g/mol. The normalized spacial score (nSPS) is 10.3. The Balaban J connectivity index is 2.22. The first-order valence-electron chi connectivity index (χ1n) is 4.47. The molecule has 2 aromatic rings. The van der Waals surface area contributed by atoms with Crippen molar-refractivity contribution in [1.29, 1.82) is 0 Å². The Morgan fingerprint density at radius 3 is 1.60 bits per heavy atom. The lowest BCUT2D eigenvalue weighted by molar-refractivity contribution is 0.629. The molecule has 0 aliphatic heterocycles. The van der Waals surface area contributed by atoms with Crippen LogP contribution in [0.1, 0.15) is 0 Å². The highest BCUT2D eigenvalue weighted by Gasteiger charge is 1.99. The van der Waals surface area contributed by atoms with Gasteiger partial charge in [-0.25, -0.2) is 8.78 Å². The molecule has 2 rings (SSSR count). The van der Waals surface area contributed by atoms with Gasteiger partial charge in [0, 0.05) is 0 Å². The van der Waals surface area contributed by atoms with Gasteiger partial charge in [0.15, 0.2) is 0 Å². The van der Waals surface area contributed by atoms with E-state index in [0.29, 0.717) is 0 Å². The highest BCUT2D eigenvalue weighted by atomic mass is 31.1. The smallest absolute Gasteiger partial charge is 0.123 e. The van der Waals surface area contributed by atoms with Crippen molar-refractivity contribution in [2.45, 2.75) is 0 Å². The van der Waals surface area contributed by atoms with E-state index in [4.69, 9.17) is 0 Å². The van der Waals surface area contributed by atoms with Gasteiger partial charge in [-0.15, -0.1) is 0 Å². The van der Waals surface area contributed by atoms with Gasteiger partial charge < -0.3 is 0 Å². The number of rotatable bonds is 2. The lowest BCUT2D eigenvalue weighted by Gasteiger charge is -2.00. The molecule has 75 valence electrons. The van der Waals surface area contributed by atoms with Crippen molar-refractivity contribution in [2.24, 2.45) is 0 Å². The first kappa shape index (κ1) is 10.3. The van der Waals surface area contributed by atoms with Crippen LogP contribution in [-0.4, -0.2) is 0 Å². The molecule has 0 unspecified atom stereocenters. The predicted molar refractivity (Wildman–Crippen MR) is 59.0 cm³/mol. The third-order valence-corrected chi connectivity index (χ3v) is 2.95. The van der Waals surface area contributed by atoms with E-state index in [1.54, 1.807) is 12.1 Å². The minimum atomic E-state index is -0.267. The molecular formula is C12H8F2P. The van der Waals surface area contributed by atoms with Crippen LogP contribution in [-0.2, 0) is 0 Å². The molecular weight excluding hydrogens is 213 g/mol. The van der Waals surface area contributed by atoms with E-state index >= 15 is 0 Å². The molecule has 0 aromatic heterocycles. The predicted octanol–water partition coefficient (Wildman–Crippen LogP) is 2.86. The summed E-state index contributed by atoms with van der Waals surface area (Å²) in [7, 11) is 0.813. The molecule has 0 aliphatic carbocycles. The first-order valence-corrected chi connectivity index (χ1v) is 5.36. The fraction of sp³-hybridized carbons (Fsp3) is 0. The van der Waals surface area contributed by atoms with Gasteiger partial charge in [-0.3, -0.25) is 0 Å². The Bertz CT molecular complexity index is 425.